The lowest BCUT2D eigenvalue weighted by Gasteiger charge is -2.24. The Labute approximate surface area is 142 Å². The van der Waals surface area contributed by atoms with Crippen molar-refractivity contribution in [1.29, 1.82) is 0 Å². The minimum Gasteiger partial charge on any atom is -0.461 e. The molecule has 0 unspecified atom stereocenters. The third-order valence-electron chi connectivity index (χ3n) is 4.73. The fourth-order valence-corrected chi connectivity index (χ4v) is 3.42. The Morgan fingerprint density at radius 1 is 1.08 bits per heavy atom. The van der Waals surface area contributed by atoms with Crippen LogP contribution in [-0.4, -0.2) is 17.9 Å². The molecule has 124 valence electrons. The topological polar surface area (TPSA) is 43.4 Å². The van der Waals surface area contributed by atoms with Crippen LogP contribution >= 0.6 is 0 Å². The number of esters is 1. The highest BCUT2D eigenvalue weighted by Gasteiger charge is 2.55. The first-order valence-corrected chi connectivity index (χ1v) is 8.55. The van der Waals surface area contributed by atoms with Gasteiger partial charge >= 0.3 is 5.97 Å². The molecule has 1 aliphatic rings. The van der Waals surface area contributed by atoms with E-state index in [-0.39, 0.29) is 11.9 Å². The average Bonchev–Trinajstić information content (AvgIpc) is 2.98. The second kappa shape index (κ2) is 7.00. The van der Waals surface area contributed by atoms with E-state index < -0.39 is 11.4 Å². The summed E-state index contributed by atoms with van der Waals surface area (Å²) in [6.07, 6.45) is 3.06. The van der Waals surface area contributed by atoms with Gasteiger partial charge in [0.1, 0.15) is 6.10 Å². The van der Waals surface area contributed by atoms with Crippen molar-refractivity contribution in [3.8, 4) is 0 Å². The molecule has 0 N–H and O–H groups in total. The molecule has 3 nitrogen and oxygen atoms in total. The molecule has 2 aromatic rings. The van der Waals surface area contributed by atoms with Crippen LogP contribution in [0.15, 0.2) is 60.7 Å². The smallest absolute Gasteiger partial charge is 0.324 e. The molecular weight excluding hydrogens is 300 g/mol. The number of Topliss-reactive ketones (excluding diaryl/α,β-unsaturated/α-hetero) is 1. The van der Waals surface area contributed by atoms with E-state index in [2.05, 4.69) is 6.92 Å². The van der Waals surface area contributed by atoms with Gasteiger partial charge in [-0.2, -0.15) is 0 Å². The maximum Gasteiger partial charge on any atom is 0.324 e. The Morgan fingerprint density at radius 3 is 2.33 bits per heavy atom. The normalized spacial score (nSPS) is 23.0. The average molecular weight is 322 g/mol. The number of carbonyl (C=O) groups excluding carboxylic acids is 2. The Hall–Kier alpha value is -2.42. The summed E-state index contributed by atoms with van der Waals surface area (Å²) in [4.78, 5) is 26.1. The van der Waals surface area contributed by atoms with Crippen LogP contribution in [0.2, 0.25) is 0 Å². The summed E-state index contributed by atoms with van der Waals surface area (Å²) in [5.74, 6) is -0.582. The Kier molecular flexibility index (Phi) is 4.79. The fraction of sp³-hybridized carbons (Fsp3) is 0.333. The quantitative estimate of drug-likeness (QED) is 0.452. The predicted octanol–water partition coefficient (Wildman–Crippen LogP) is 4.31. The third-order valence-corrected chi connectivity index (χ3v) is 4.73. The molecule has 3 rings (SSSR count). The minimum atomic E-state index is -1.22. The van der Waals surface area contributed by atoms with E-state index in [0.717, 1.165) is 24.8 Å². The SMILES string of the molecule is CCCC[C@H]1C[C@@](C(=O)c2ccccc2)(c2ccccc2)C(=O)O1. The second-order valence-corrected chi connectivity index (χ2v) is 6.34. The largest absolute Gasteiger partial charge is 0.461 e. The van der Waals surface area contributed by atoms with E-state index in [9.17, 15) is 9.59 Å². The maximum absolute atomic E-state index is 13.3. The molecular formula is C21H22O3. The standard InChI is InChI=1S/C21H22O3/c1-2-3-14-18-15-21(20(23)24-18,17-12-8-5-9-13-17)19(22)16-10-6-4-7-11-16/h4-13,18H,2-3,14-15H2,1H3/t18-,21-/m0/s1. The van der Waals surface area contributed by atoms with Crippen molar-refractivity contribution in [1.82, 2.24) is 0 Å². The van der Waals surface area contributed by atoms with Gasteiger partial charge in [0.2, 0.25) is 0 Å². The van der Waals surface area contributed by atoms with Crippen LogP contribution in [0.25, 0.3) is 0 Å². The summed E-state index contributed by atoms with van der Waals surface area (Å²) in [5, 5.41) is 0. The van der Waals surface area contributed by atoms with Gasteiger partial charge in [-0.15, -0.1) is 0 Å². The molecule has 2 atom stereocenters. The number of ether oxygens (including phenoxy) is 1. The molecule has 0 spiro atoms. The van der Waals surface area contributed by atoms with Crippen LogP contribution in [0.5, 0.6) is 0 Å². The maximum atomic E-state index is 13.3. The van der Waals surface area contributed by atoms with Crippen LogP contribution in [0.3, 0.4) is 0 Å². The lowest BCUT2D eigenvalue weighted by atomic mass is 9.72. The van der Waals surface area contributed by atoms with Crippen molar-refractivity contribution in [2.24, 2.45) is 0 Å². The summed E-state index contributed by atoms with van der Waals surface area (Å²) in [6, 6.07) is 18.3. The highest BCUT2D eigenvalue weighted by atomic mass is 16.6. The molecule has 1 heterocycles. The van der Waals surface area contributed by atoms with Crippen LogP contribution in [-0.2, 0) is 14.9 Å². The van der Waals surface area contributed by atoms with Gasteiger partial charge in [0.25, 0.3) is 0 Å². The van der Waals surface area contributed by atoms with Gasteiger partial charge in [-0.05, 0) is 12.0 Å². The van der Waals surface area contributed by atoms with E-state index in [1.807, 2.05) is 48.5 Å². The molecule has 0 aliphatic carbocycles. The van der Waals surface area contributed by atoms with Gasteiger partial charge in [0.15, 0.2) is 11.2 Å². The van der Waals surface area contributed by atoms with Crippen molar-refractivity contribution in [3.63, 3.8) is 0 Å². The first-order valence-electron chi connectivity index (χ1n) is 8.55. The molecule has 3 heteroatoms. The van der Waals surface area contributed by atoms with Crippen molar-refractivity contribution in [2.75, 3.05) is 0 Å². The second-order valence-electron chi connectivity index (χ2n) is 6.34. The number of rotatable bonds is 6. The van der Waals surface area contributed by atoms with E-state index in [0.29, 0.717) is 12.0 Å². The highest BCUT2D eigenvalue weighted by molar-refractivity contribution is 6.18. The van der Waals surface area contributed by atoms with Crippen molar-refractivity contribution in [3.05, 3.63) is 71.8 Å². The lowest BCUT2D eigenvalue weighted by molar-refractivity contribution is -0.144. The van der Waals surface area contributed by atoms with Crippen LogP contribution in [0.1, 0.15) is 48.5 Å². The summed E-state index contributed by atoms with van der Waals surface area (Å²) in [7, 11) is 0. The zero-order chi connectivity index (χ0) is 17.0. The van der Waals surface area contributed by atoms with Gasteiger partial charge in [0.05, 0.1) is 0 Å². The number of benzene rings is 2. The van der Waals surface area contributed by atoms with E-state index in [4.69, 9.17) is 4.74 Å². The molecule has 0 radical (unpaired) electrons. The van der Waals surface area contributed by atoms with Gasteiger partial charge < -0.3 is 4.74 Å². The molecule has 0 amide bonds. The number of hydrogen-bond acceptors (Lipinski definition) is 3. The van der Waals surface area contributed by atoms with Gasteiger partial charge in [-0.25, -0.2) is 0 Å². The van der Waals surface area contributed by atoms with E-state index in [1.165, 1.54) is 0 Å². The zero-order valence-electron chi connectivity index (χ0n) is 13.9. The summed E-state index contributed by atoms with van der Waals surface area (Å²) in [5.41, 5.74) is 0.0541. The third kappa shape index (κ3) is 2.86. The fourth-order valence-electron chi connectivity index (χ4n) is 3.42. The number of ketones is 1. The van der Waals surface area contributed by atoms with E-state index in [1.54, 1.807) is 12.1 Å². The van der Waals surface area contributed by atoms with Crippen molar-refractivity contribution >= 4 is 11.8 Å². The molecule has 0 bridgehead atoms. The molecule has 2 aromatic carbocycles. The molecule has 0 aromatic heterocycles. The number of unbranched alkanes of at least 4 members (excludes halogenated alkanes) is 1. The Bertz CT molecular complexity index is 708. The van der Waals surface area contributed by atoms with Crippen molar-refractivity contribution in [2.45, 2.75) is 44.1 Å². The molecule has 1 aliphatic heterocycles. The summed E-state index contributed by atoms with van der Waals surface area (Å²) < 4.78 is 5.62. The van der Waals surface area contributed by atoms with Gasteiger partial charge in [-0.1, -0.05) is 80.4 Å². The van der Waals surface area contributed by atoms with Crippen molar-refractivity contribution < 1.29 is 14.3 Å². The summed E-state index contributed by atoms with van der Waals surface area (Å²) >= 11 is 0. The molecule has 0 saturated carbocycles. The Balaban J connectivity index is 2.03. The van der Waals surface area contributed by atoms with Crippen LogP contribution in [0.4, 0.5) is 0 Å². The van der Waals surface area contributed by atoms with E-state index >= 15 is 0 Å². The van der Waals surface area contributed by atoms with Gasteiger partial charge in [-0.3, -0.25) is 9.59 Å². The van der Waals surface area contributed by atoms with Crippen LogP contribution in [0, 0.1) is 0 Å². The zero-order valence-corrected chi connectivity index (χ0v) is 13.9. The number of cyclic esters (lactones) is 1. The van der Waals surface area contributed by atoms with Crippen LogP contribution < -0.4 is 0 Å². The molecule has 24 heavy (non-hydrogen) atoms. The van der Waals surface area contributed by atoms with Gasteiger partial charge in [0, 0.05) is 12.0 Å². The monoisotopic (exact) mass is 322 g/mol. The minimum absolute atomic E-state index is 0.168. The summed E-state index contributed by atoms with van der Waals surface area (Å²) in [6.45, 7) is 2.11. The Morgan fingerprint density at radius 2 is 1.71 bits per heavy atom. The molecule has 1 fully saturated rings. The highest BCUT2D eigenvalue weighted by Crippen LogP contribution is 2.41. The predicted molar refractivity (Wildman–Crippen MR) is 92.9 cm³/mol. The lowest BCUT2D eigenvalue weighted by Crippen LogP contribution is -2.40. The first kappa shape index (κ1) is 16.4. The molecule has 1 saturated heterocycles. The number of carbonyl (C=O) groups is 2. The first-order chi connectivity index (χ1) is 11.7. The number of hydrogen-bond donors (Lipinski definition) is 0.